The second-order valence-electron chi connectivity index (χ2n) is 5.61. The number of nitrogens with zero attached hydrogens (tertiary/aromatic N) is 1. The molecule has 122 valence electrons. The largest absolute Gasteiger partial charge is 0.468 e. The summed E-state index contributed by atoms with van der Waals surface area (Å²) in [6, 6.07) is 13.7. The van der Waals surface area contributed by atoms with Gasteiger partial charge >= 0.3 is 0 Å². The predicted octanol–water partition coefficient (Wildman–Crippen LogP) is 2.01. The van der Waals surface area contributed by atoms with Gasteiger partial charge in [0.25, 0.3) is 0 Å². The quantitative estimate of drug-likeness (QED) is 0.886. The maximum Gasteiger partial charge on any atom is 0.231 e. The Morgan fingerprint density at radius 1 is 1.13 bits per heavy atom. The van der Waals surface area contributed by atoms with Gasteiger partial charge in [-0.3, -0.25) is 4.79 Å². The second-order valence-corrected chi connectivity index (χ2v) is 5.61. The van der Waals surface area contributed by atoms with Crippen molar-refractivity contribution >= 4 is 5.91 Å². The molecule has 5 nitrogen and oxygen atoms in total. The van der Waals surface area contributed by atoms with Gasteiger partial charge in [-0.2, -0.15) is 0 Å². The van der Waals surface area contributed by atoms with Gasteiger partial charge in [0.05, 0.1) is 31.9 Å². The molecule has 0 spiro atoms. The molecular formula is C18H22N2O3. The SMILES string of the molecule is O=C(C(CNCc1ccco1)c1ccccc1)N1CCOCC1. The summed E-state index contributed by atoms with van der Waals surface area (Å²) in [6.07, 6.45) is 1.66. The van der Waals surface area contributed by atoms with E-state index in [2.05, 4.69) is 5.32 Å². The topological polar surface area (TPSA) is 54.7 Å². The van der Waals surface area contributed by atoms with Crippen LogP contribution >= 0.6 is 0 Å². The number of hydrogen-bond donors (Lipinski definition) is 1. The molecule has 1 aromatic carbocycles. The lowest BCUT2D eigenvalue weighted by atomic mass is 9.97. The van der Waals surface area contributed by atoms with Crippen LogP contribution in [-0.4, -0.2) is 43.7 Å². The minimum atomic E-state index is -0.190. The first-order valence-electron chi connectivity index (χ1n) is 7.99. The van der Waals surface area contributed by atoms with Gasteiger partial charge in [-0.25, -0.2) is 0 Å². The number of furan rings is 1. The summed E-state index contributed by atoms with van der Waals surface area (Å²) >= 11 is 0. The summed E-state index contributed by atoms with van der Waals surface area (Å²) < 4.78 is 10.7. The van der Waals surface area contributed by atoms with Crippen LogP contribution in [0.15, 0.2) is 53.1 Å². The fourth-order valence-corrected chi connectivity index (χ4v) is 2.79. The van der Waals surface area contributed by atoms with Crippen molar-refractivity contribution in [3.63, 3.8) is 0 Å². The van der Waals surface area contributed by atoms with Gasteiger partial charge in [-0.1, -0.05) is 30.3 Å². The maximum atomic E-state index is 12.9. The monoisotopic (exact) mass is 314 g/mol. The van der Waals surface area contributed by atoms with Gasteiger partial charge < -0.3 is 19.4 Å². The van der Waals surface area contributed by atoms with Crippen LogP contribution in [-0.2, 0) is 16.1 Å². The summed E-state index contributed by atoms with van der Waals surface area (Å²) in [6.45, 7) is 3.77. The molecular weight excluding hydrogens is 292 g/mol. The second kappa shape index (κ2) is 7.94. The van der Waals surface area contributed by atoms with Gasteiger partial charge in [0.2, 0.25) is 5.91 Å². The van der Waals surface area contributed by atoms with Crippen molar-refractivity contribution in [2.24, 2.45) is 0 Å². The molecule has 1 unspecified atom stereocenters. The summed E-state index contributed by atoms with van der Waals surface area (Å²) in [5.41, 5.74) is 1.04. The molecule has 0 aliphatic carbocycles. The average Bonchev–Trinajstić information content (AvgIpc) is 3.13. The Hall–Kier alpha value is -2.11. The molecule has 1 fully saturated rings. The van der Waals surface area contributed by atoms with Crippen molar-refractivity contribution in [3.05, 3.63) is 60.1 Å². The standard InChI is InChI=1S/C18H22N2O3/c21-18(20-8-11-22-12-9-20)17(15-5-2-1-3-6-15)14-19-13-16-7-4-10-23-16/h1-7,10,17,19H,8-9,11-14H2. The molecule has 1 aliphatic heterocycles. The minimum absolute atomic E-state index is 0.159. The molecule has 3 rings (SSSR count). The number of amides is 1. The molecule has 0 saturated carbocycles. The lowest BCUT2D eigenvalue weighted by molar-refractivity contribution is -0.136. The van der Waals surface area contributed by atoms with Crippen molar-refractivity contribution in [1.82, 2.24) is 10.2 Å². The summed E-state index contributed by atoms with van der Waals surface area (Å²) in [5.74, 6) is 0.839. The van der Waals surface area contributed by atoms with Crippen LogP contribution in [0.4, 0.5) is 0 Å². The first-order chi connectivity index (χ1) is 11.3. The molecule has 0 bridgehead atoms. The van der Waals surface area contributed by atoms with Crippen LogP contribution in [0.5, 0.6) is 0 Å². The highest BCUT2D eigenvalue weighted by Crippen LogP contribution is 2.19. The van der Waals surface area contributed by atoms with Crippen LogP contribution in [0.3, 0.4) is 0 Å². The highest BCUT2D eigenvalue weighted by molar-refractivity contribution is 5.84. The third-order valence-corrected chi connectivity index (χ3v) is 4.05. The zero-order valence-corrected chi connectivity index (χ0v) is 13.1. The summed E-state index contributed by atoms with van der Waals surface area (Å²) in [7, 11) is 0. The third-order valence-electron chi connectivity index (χ3n) is 4.05. The molecule has 1 aliphatic rings. The number of nitrogens with one attached hydrogen (secondary N) is 1. The van der Waals surface area contributed by atoms with E-state index in [4.69, 9.17) is 9.15 Å². The Kier molecular flexibility index (Phi) is 5.45. The summed E-state index contributed by atoms with van der Waals surface area (Å²) in [5, 5.41) is 3.33. The van der Waals surface area contributed by atoms with Crippen molar-refractivity contribution in [1.29, 1.82) is 0 Å². The Bertz CT molecular complexity index is 592. The Balaban J connectivity index is 1.67. The number of morpholine rings is 1. The van der Waals surface area contributed by atoms with Gasteiger partial charge in [-0.15, -0.1) is 0 Å². The molecule has 5 heteroatoms. The van der Waals surface area contributed by atoms with Gasteiger partial charge in [0.1, 0.15) is 5.76 Å². The summed E-state index contributed by atoms with van der Waals surface area (Å²) in [4.78, 5) is 14.8. The predicted molar refractivity (Wildman–Crippen MR) is 87.0 cm³/mol. The van der Waals surface area contributed by atoms with Crippen LogP contribution in [0, 0.1) is 0 Å². The first-order valence-corrected chi connectivity index (χ1v) is 7.99. The van der Waals surface area contributed by atoms with E-state index in [1.165, 1.54) is 0 Å². The van der Waals surface area contributed by atoms with Crippen LogP contribution < -0.4 is 5.32 Å². The van der Waals surface area contributed by atoms with Crippen LogP contribution in [0.25, 0.3) is 0 Å². The molecule has 1 atom stereocenters. The van der Waals surface area contributed by atoms with Crippen molar-refractivity contribution in [2.45, 2.75) is 12.5 Å². The zero-order valence-electron chi connectivity index (χ0n) is 13.1. The highest BCUT2D eigenvalue weighted by atomic mass is 16.5. The van der Waals surface area contributed by atoms with E-state index in [0.29, 0.717) is 39.4 Å². The number of benzene rings is 1. The number of ether oxygens (including phenoxy) is 1. The maximum absolute atomic E-state index is 12.9. The molecule has 1 aromatic heterocycles. The number of carbonyl (C=O) groups is 1. The fourth-order valence-electron chi connectivity index (χ4n) is 2.79. The number of rotatable bonds is 6. The van der Waals surface area contributed by atoms with E-state index in [-0.39, 0.29) is 11.8 Å². The van der Waals surface area contributed by atoms with E-state index >= 15 is 0 Å². The van der Waals surface area contributed by atoms with E-state index in [1.807, 2.05) is 47.4 Å². The Morgan fingerprint density at radius 3 is 2.61 bits per heavy atom. The molecule has 1 saturated heterocycles. The smallest absolute Gasteiger partial charge is 0.231 e. The molecule has 2 heterocycles. The van der Waals surface area contributed by atoms with Gasteiger partial charge in [0.15, 0.2) is 0 Å². The van der Waals surface area contributed by atoms with Gasteiger partial charge in [0, 0.05) is 19.6 Å². The van der Waals surface area contributed by atoms with E-state index in [0.717, 1.165) is 11.3 Å². The Morgan fingerprint density at radius 2 is 1.91 bits per heavy atom. The van der Waals surface area contributed by atoms with E-state index in [1.54, 1.807) is 6.26 Å². The molecule has 1 N–H and O–H groups in total. The van der Waals surface area contributed by atoms with Gasteiger partial charge in [-0.05, 0) is 17.7 Å². The first kappa shape index (κ1) is 15.8. The fraction of sp³-hybridized carbons (Fsp3) is 0.389. The third kappa shape index (κ3) is 4.21. The normalized spacial score (nSPS) is 16.3. The minimum Gasteiger partial charge on any atom is -0.468 e. The lowest BCUT2D eigenvalue weighted by Crippen LogP contribution is -2.45. The van der Waals surface area contributed by atoms with Crippen molar-refractivity contribution in [3.8, 4) is 0 Å². The molecule has 2 aromatic rings. The zero-order chi connectivity index (χ0) is 15.9. The van der Waals surface area contributed by atoms with E-state index < -0.39 is 0 Å². The van der Waals surface area contributed by atoms with Crippen LogP contribution in [0.2, 0.25) is 0 Å². The molecule has 1 amide bonds. The lowest BCUT2D eigenvalue weighted by Gasteiger charge is -2.30. The van der Waals surface area contributed by atoms with Crippen molar-refractivity contribution < 1.29 is 13.9 Å². The number of carbonyl (C=O) groups excluding carboxylic acids is 1. The molecule has 0 radical (unpaired) electrons. The number of hydrogen-bond acceptors (Lipinski definition) is 4. The molecule has 23 heavy (non-hydrogen) atoms. The highest BCUT2D eigenvalue weighted by Gasteiger charge is 2.26. The van der Waals surface area contributed by atoms with Crippen molar-refractivity contribution in [2.75, 3.05) is 32.8 Å². The van der Waals surface area contributed by atoms with E-state index in [9.17, 15) is 4.79 Å². The van der Waals surface area contributed by atoms with Crippen LogP contribution in [0.1, 0.15) is 17.2 Å². The Labute approximate surface area is 136 Å². The average molecular weight is 314 g/mol.